The van der Waals surface area contributed by atoms with Crippen LogP contribution in [0.1, 0.15) is 0 Å². The third-order valence-electron chi connectivity index (χ3n) is 1.73. The number of fused-ring (bicyclic) bond motifs is 1. The van der Waals surface area contributed by atoms with Crippen molar-refractivity contribution in [3.8, 4) is 5.75 Å². The Morgan fingerprint density at radius 3 is 2.93 bits per heavy atom. The first-order valence-electron chi connectivity index (χ1n) is 3.75. The van der Waals surface area contributed by atoms with Crippen molar-refractivity contribution in [1.29, 1.82) is 0 Å². The normalized spacial score (nSPS) is 11.1. The number of hydrogen-bond donors (Lipinski definition) is 1. The highest BCUT2D eigenvalue weighted by Crippen LogP contribution is 2.33. The Kier molecular flexibility index (Phi) is 2.37. The minimum atomic E-state index is -2.84. The van der Waals surface area contributed by atoms with Crippen molar-refractivity contribution in [2.75, 3.05) is 0 Å². The van der Waals surface area contributed by atoms with Crippen LogP contribution in [-0.4, -0.2) is 16.8 Å². The van der Waals surface area contributed by atoms with Crippen LogP contribution in [-0.2, 0) is 0 Å². The summed E-state index contributed by atoms with van der Waals surface area (Å²) < 4.78 is 29.0. The van der Waals surface area contributed by atoms with Crippen LogP contribution in [0.4, 0.5) is 8.78 Å². The van der Waals surface area contributed by atoms with Crippen molar-refractivity contribution in [1.82, 2.24) is 10.2 Å². The summed E-state index contributed by atoms with van der Waals surface area (Å²) in [6.07, 6.45) is 1.44. The van der Waals surface area contributed by atoms with Gasteiger partial charge in [-0.25, -0.2) is 0 Å². The fourth-order valence-electron chi connectivity index (χ4n) is 1.17. The van der Waals surface area contributed by atoms with E-state index in [1.54, 1.807) is 12.1 Å². The second-order valence-corrected chi connectivity index (χ2v) is 3.44. The Balaban J connectivity index is 2.58. The lowest BCUT2D eigenvalue weighted by atomic mass is 10.2. The predicted octanol–water partition coefficient (Wildman–Crippen LogP) is 2.93. The van der Waals surface area contributed by atoms with Gasteiger partial charge in [0.25, 0.3) is 0 Å². The smallest absolute Gasteiger partial charge is 0.387 e. The van der Waals surface area contributed by atoms with Gasteiger partial charge in [-0.05, 0) is 28.1 Å². The largest absolute Gasteiger partial charge is 0.433 e. The molecular weight excluding hydrogens is 258 g/mol. The van der Waals surface area contributed by atoms with Gasteiger partial charge in [-0.2, -0.15) is 13.9 Å². The summed E-state index contributed by atoms with van der Waals surface area (Å²) >= 11 is 3.13. The second-order valence-electron chi connectivity index (χ2n) is 2.59. The van der Waals surface area contributed by atoms with E-state index < -0.39 is 6.61 Å². The molecule has 1 N–H and O–H groups in total. The Hall–Kier alpha value is -1.17. The quantitative estimate of drug-likeness (QED) is 0.904. The number of ether oxygens (including phenoxy) is 1. The number of hydrogen-bond acceptors (Lipinski definition) is 2. The standard InChI is InChI=1S/C8H5BrF2N2O/c9-5-1-2-6-4(3-12-13-6)7(5)14-8(10)11/h1-3,8H,(H,12,13). The van der Waals surface area contributed by atoms with E-state index in [0.717, 1.165) is 0 Å². The van der Waals surface area contributed by atoms with Gasteiger partial charge in [0.15, 0.2) is 5.75 Å². The number of nitrogens with zero attached hydrogens (tertiary/aromatic N) is 1. The Bertz CT molecular complexity index is 458. The Morgan fingerprint density at radius 2 is 2.21 bits per heavy atom. The number of H-pyrrole nitrogens is 1. The number of rotatable bonds is 2. The lowest BCUT2D eigenvalue weighted by Gasteiger charge is -2.07. The number of alkyl halides is 2. The molecule has 0 spiro atoms. The molecule has 0 fully saturated rings. The molecule has 0 saturated heterocycles. The van der Waals surface area contributed by atoms with Crippen LogP contribution in [0.15, 0.2) is 22.8 Å². The van der Waals surface area contributed by atoms with E-state index >= 15 is 0 Å². The summed E-state index contributed by atoms with van der Waals surface area (Å²) in [7, 11) is 0. The second kappa shape index (κ2) is 3.53. The summed E-state index contributed by atoms with van der Waals surface area (Å²) in [5.74, 6) is 0.103. The molecule has 1 aromatic carbocycles. The first-order chi connectivity index (χ1) is 6.68. The van der Waals surface area contributed by atoms with Gasteiger partial charge in [0.05, 0.1) is 21.6 Å². The Morgan fingerprint density at radius 1 is 1.43 bits per heavy atom. The zero-order chi connectivity index (χ0) is 10.1. The molecule has 0 radical (unpaired) electrons. The first-order valence-corrected chi connectivity index (χ1v) is 4.54. The molecule has 0 aliphatic carbocycles. The molecule has 0 aliphatic heterocycles. The molecule has 1 heterocycles. The van der Waals surface area contributed by atoms with Crippen molar-refractivity contribution >= 4 is 26.8 Å². The lowest BCUT2D eigenvalue weighted by molar-refractivity contribution is -0.0492. The van der Waals surface area contributed by atoms with E-state index in [4.69, 9.17) is 0 Å². The minimum Gasteiger partial charge on any atom is -0.433 e. The van der Waals surface area contributed by atoms with Crippen molar-refractivity contribution in [2.24, 2.45) is 0 Å². The monoisotopic (exact) mass is 262 g/mol. The molecule has 0 saturated carbocycles. The molecule has 3 nitrogen and oxygen atoms in total. The molecule has 1 aromatic heterocycles. The van der Waals surface area contributed by atoms with Gasteiger partial charge < -0.3 is 4.74 Å². The van der Waals surface area contributed by atoms with Crippen LogP contribution in [0.5, 0.6) is 5.75 Å². The maximum absolute atomic E-state index is 12.1. The van der Waals surface area contributed by atoms with Crippen LogP contribution in [0.3, 0.4) is 0 Å². The molecule has 0 atom stereocenters. The highest BCUT2D eigenvalue weighted by atomic mass is 79.9. The summed E-state index contributed by atoms with van der Waals surface area (Å²) in [4.78, 5) is 0. The molecule has 2 rings (SSSR count). The van der Waals surface area contributed by atoms with Gasteiger partial charge >= 0.3 is 6.61 Å². The summed E-state index contributed by atoms with van der Waals surface area (Å²) in [5.41, 5.74) is 0.656. The third kappa shape index (κ3) is 1.57. The van der Waals surface area contributed by atoms with Crippen molar-refractivity contribution < 1.29 is 13.5 Å². The van der Waals surface area contributed by atoms with E-state index in [2.05, 4.69) is 30.9 Å². The zero-order valence-electron chi connectivity index (χ0n) is 6.80. The van der Waals surface area contributed by atoms with Crippen molar-refractivity contribution in [3.63, 3.8) is 0 Å². The van der Waals surface area contributed by atoms with Gasteiger partial charge in [0.2, 0.25) is 0 Å². The average molecular weight is 263 g/mol. The fraction of sp³-hybridized carbons (Fsp3) is 0.125. The molecule has 0 amide bonds. The van der Waals surface area contributed by atoms with Gasteiger partial charge in [0, 0.05) is 0 Å². The van der Waals surface area contributed by atoms with Crippen molar-refractivity contribution in [3.05, 3.63) is 22.8 Å². The van der Waals surface area contributed by atoms with E-state index in [1.165, 1.54) is 6.20 Å². The first kappa shape index (κ1) is 9.39. The highest BCUT2D eigenvalue weighted by Gasteiger charge is 2.12. The molecule has 0 bridgehead atoms. The van der Waals surface area contributed by atoms with Crippen LogP contribution < -0.4 is 4.74 Å². The summed E-state index contributed by atoms with van der Waals surface area (Å²) in [6, 6.07) is 3.35. The maximum Gasteiger partial charge on any atom is 0.387 e. The zero-order valence-corrected chi connectivity index (χ0v) is 8.38. The highest BCUT2D eigenvalue weighted by molar-refractivity contribution is 9.10. The van der Waals surface area contributed by atoms with Gasteiger partial charge in [-0.1, -0.05) is 0 Å². The lowest BCUT2D eigenvalue weighted by Crippen LogP contribution is -2.02. The van der Waals surface area contributed by atoms with Crippen LogP contribution in [0.2, 0.25) is 0 Å². The maximum atomic E-state index is 12.1. The molecular formula is C8H5BrF2N2O. The van der Waals surface area contributed by atoms with E-state index in [9.17, 15) is 8.78 Å². The number of aromatic amines is 1. The number of aromatic nitrogens is 2. The van der Waals surface area contributed by atoms with Gasteiger partial charge in [0.1, 0.15) is 0 Å². The van der Waals surface area contributed by atoms with E-state index in [-0.39, 0.29) is 5.75 Å². The van der Waals surface area contributed by atoms with E-state index in [0.29, 0.717) is 15.4 Å². The molecule has 0 unspecified atom stereocenters. The van der Waals surface area contributed by atoms with E-state index in [1.807, 2.05) is 0 Å². The molecule has 74 valence electrons. The minimum absolute atomic E-state index is 0.103. The van der Waals surface area contributed by atoms with Crippen LogP contribution in [0.25, 0.3) is 10.9 Å². The van der Waals surface area contributed by atoms with Crippen LogP contribution in [0, 0.1) is 0 Å². The van der Waals surface area contributed by atoms with Gasteiger partial charge in [-0.3, -0.25) is 5.10 Å². The Labute approximate surface area is 86.2 Å². The fourth-order valence-corrected chi connectivity index (χ4v) is 1.61. The number of benzene rings is 1. The third-order valence-corrected chi connectivity index (χ3v) is 2.36. The summed E-state index contributed by atoms with van der Waals surface area (Å²) in [5, 5.41) is 6.93. The van der Waals surface area contributed by atoms with Crippen molar-refractivity contribution in [2.45, 2.75) is 6.61 Å². The van der Waals surface area contributed by atoms with Crippen LogP contribution >= 0.6 is 15.9 Å². The van der Waals surface area contributed by atoms with Gasteiger partial charge in [-0.15, -0.1) is 0 Å². The predicted molar refractivity (Wildman–Crippen MR) is 50.4 cm³/mol. The average Bonchev–Trinajstić information content (AvgIpc) is 2.57. The topological polar surface area (TPSA) is 37.9 Å². The molecule has 6 heteroatoms. The summed E-state index contributed by atoms with van der Waals surface area (Å²) in [6.45, 7) is -2.84. The number of halogens is 3. The number of nitrogens with one attached hydrogen (secondary N) is 1. The molecule has 0 aliphatic rings. The molecule has 2 aromatic rings. The SMILES string of the molecule is FC(F)Oc1c(Br)ccc2[nH]ncc12. The molecule has 14 heavy (non-hydrogen) atoms.